The lowest BCUT2D eigenvalue weighted by Gasteiger charge is -2.20. The van der Waals surface area contributed by atoms with Gasteiger partial charge in [-0.25, -0.2) is 0 Å². The normalized spacial score (nSPS) is 31.2. The van der Waals surface area contributed by atoms with Crippen LogP contribution < -0.4 is 0 Å². The Hall–Kier alpha value is 0.400. The summed E-state index contributed by atoms with van der Waals surface area (Å²) in [4.78, 5) is 0.377. The van der Waals surface area contributed by atoms with E-state index in [0.29, 0.717) is 16.8 Å². The van der Waals surface area contributed by atoms with E-state index in [2.05, 4.69) is 36.7 Å². The van der Waals surface area contributed by atoms with Gasteiger partial charge in [0.1, 0.15) is 0 Å². The summed E-state index contributed by atoms with van der Waals surface area (Å²) in [6.45, 7) is 8.09. The zero-order valence-electron chi connectivity index (χ0n) is 8.63. The standard InChI is InChI=1S/C10H19BrO2/c1-7(2)4-8(3)13-10-6-12-5-9(10)11/h7-10H,4-6H2,1-3H3. The molecule has 1 aliphatic rings. The molecule has 0 aromatic heterocycles. The monoisotopic (exact) mass is 250 g/mol. The lowest BCUT2D eigenvalue weighted by Crippen LogP contribution is -2.27. The van der Waals surface area contributed by atoms with Gasteiger partial charge >= 0.3 is 0 Å². The fraction of sp³-hybridized carbons (Fsp3) is 1.00. The van der Waals surface area contributed by atoms with Crippen molar-refractivity contribution in [2.75, 3.05) is 13.2 Å². The Balaban J connectivity index is 2.22. The highest BCUT2D eigenvalue weighted by atomic mass is 79.9. The van der Waals surface area contributed by atoms with Crippen molar-refractivity contribution in [1.29, 1.82) is 0 Å². The number of hydrogen-bond acceptors (Lipinski definition) is 2. The van der Waals surface area contributed by atoms with Crippen molar-refractivity contribution in [3.8, 4) is 0 Å². The van der Waals surface area contributed by atoms with Gasteiger partial charge in [0.05, 0.1) is 30.2 Å². The van der Waals surface area contributed by atoms with Gasteiger partial charge in [0.15, 0.2) is 0 Å². The Labute approximate surface area is 89.1 Å². The molecule has 3 unspecified atom stereocenters. The molecule has 0 aromatic rings. The topological polar surface area (TPSA) is 18.5 Å². The average Bonchev–Trinajstić information content (AvgIpc) is 2.34. The lowest BCUT2D eigenvalue weighted by molar-refractivity contribution is -0.0130. The molecular formula is C10H19BrO2. The zero-order valence-corrected chi connectivity index (χ0v) is 10.2. The fourth-order valence-electron chi connectivity index (χ4n) is 1.65. The predicted octanol–water partition coefficient (Wildman–Crippen LogP) is 2.60. The van der Waals surface area contributed by atoms with E-state index >= 15 is 0 Å². The van der Waals surface area contributed by atoms with Gasteiger partial charge in [-0.05, 0) is 19.3 Å². The van der Waals surface area contributed by atoms with E-state index in [1.54, 1.807) is 0 Å². The summed E-state index contributed by atoms with van der Waals surface area (Å²) in [5.74, 6) is 0.700. The molecule has 13 heavy (non-hydrogen) atoms. The number of halogens is 1. The second kappa shape index (κ2) is 5.32. The molecule has 0 aliphatic carbocycles. The van der Waals surface area contributed by atoms with Crippen molar-refractivity contribution < 1.29 is 9.47 Å². The van der Waals surface area contributed by atoms with Gasteiger partial charge in [-0.2, -0.15) is 0 Å². The Morgan fingerprint density at radius 3 is 2.54 bits per heavy atom. The maximum absolute atomic E-state index is 5.86. The summed E-state index contributed by atoms with van der Waals surface area (Å²) in [5, 5.41) is 0. The molecule has 1 rings (SSSR count). The number of rotatable bonds is 4. The lowest BCUT2D eigenvalue weighted by atomic mass is 10.1. The van der Waals surface area contributed by atoms with Gasteiger partial charge in [0, 0.05) is 0 Å². The van der Waals surface area contributed by atoms with E-state index in [4.69, 9.17) is 9.47 Å². The molecule has 1 saturated heterocycles. The molecule has 0 saturated carbocycles. The van der Waals surface area contributed by atoms with E-state index in [-0.39, 0.29) is 6.10 Å². The van der Waals surface area contributed by atoms with Gasteiger partial charge in [-0.1, -0.05) is 29.8 Å². The highest BCUT2D eigenvalue weighted by Gasteiger charge is 2.28. The first-order valence-corrected chi connectivity index (χ1v) is 5.88. The van der Waals surface area contributed by atoms with Crippen molar-refractivity contribution in [1.82, 2.24) is 0 Å². The molecule has 2 nitrogen and oxygen atoms in total. The van der Waals surface area contributed by atoms with Crippen LogP contribution in [-0.2, 0) is 9.47 Å². The largest absolute Gasteiger partial charge is 0.377 e. The number of ether oxygens (including phenoxy) is 2. The van der Waals surface area contributed by atoms with Gasteiger partial charge in [0.25, 0.3) is 0 Å². The van der Waals surface area contributed by atoms with Crippen LogP contribution in [0, 0.1) is 5.92 Å². The zero-order chi connectivity index (χ0) is 9.84. The van der Waals surface area contributed by atoms with Crippen LogP contribution in [0.3, 0.4) is 0 Å². The molecule has 3 atom stereocenters. The van der Waals surface area contributed by atoms with Crippen molar-refractivity contribution in [3.63, 3.8) is 0 Å². The van der Waals surface area contributed by atoms with Crippen LogP contribution in [0.5, 0.6) is 0 Å². The molecule has 0 aromatic carbocycles. The van der Waals surface area contributed by atoms with Crippen LogP contribution in [0.1, 0.15) is 27.2 Å². The van der Waals surface area contributed by atoms with E-state index in [0.717, 1.165) is 19.6 Å². The highest BCUT2D eigenvalue weighted by molar-refractivity contribution is 9.09. The van der Waals surface area contributed by atoms with Crippen molar-refractivity contribution >= 4 is 15.9 Å². The molecule has 78 valence electrons. The first-order chi connectivity index (χ1) is 6.09. The first-order valence-electron chi connectivity index (χ1n) is 4.97. The van der Waals surface area contributed by atoms with Crippen LogP contribution in [0.2, 0.25) is 0 Å². The molecule has 1 aliphatic heterocycles. The summed E-state index contributed by atoms with van der Waals surface area (Å²) < 4.78 is 11.2. The van der Waals surface area contributed by atoms with Crippen molar-refractivity contribution in [2.24, 2.45) is 5.92 Å². The van der Waals surface area contributed by atoms with Crippen molar-refractivity contribution in [2.45, 2.75) is 44.2 Å². The van der Waals surface area contributed by atoms with Gasteiger partial charge in [-0.15, -0.1) is 0 Å². The van der Waals surface area contributed by atoms with Crippen LogP contribution in [0.15, 0.2) is 0 Å². The Bertz CT molecular complexity index is 150. The number of hydrogen-bond donors (Lipinski definition) is 0. The molecule has 0 radical (unpaired) electrons. The third kappa shape index (κ3) is 3.96. The minimum atomic E-state index is 0.244. The highest BCUT2D eigenvalue weighted by Crippen LogP contribution is 2.20. The van der Waals surface area contributed by atoms with Crippen molar-refractivity contribution in [3.05, 3.63) is 0 Å². The summed E-state index contributed by atoms with van der Waals surface area (Å²) >= 11 is 3.55. The average molecular weight is 251 g/mol. The van der Waals surface area contributed by atoms with Crippen LogP contribution in [0.4, 0.5) is 0 Å². The third-order valence-electron chi connectivity index (χ3n) is 2.17. The number of alkyl halides is 1. The van der Waals surface area contributed by atoms with E-state index < -0.39 is 0 Å². The Morgan fingerprint density at radius 2 is 2.08 bits per heavy atom. The van der Waals surface area contributed by atoms with Gasteiger partial charge in [0.2, 0.25) is 0 Å². The Kier molecular flexibility index (Phi) is 4.70. The van der Waals surface area contributed by atoms with Gasteiger partial charge < -0.3 is 9.47 Å². The summed E-state index contributed by atoms with van der Waals surface area (Å²) in [5.41, 5.74) is 0. The quantitative estimate of drug-likeness (QED) is 0.715. The van der Waals surface area contributed by atoms with E-state index in [1.165, 1.54) is 0 Å². The molecule has 0 spiro atoms. The molecule has 1 fully saturated rings. The molecule has 0 bridgehead atoms. The summed E-state index contributed by atoms with van der Waals surface area (Å²) in [6.07, 6.45) is 1.71. The molecule has 3 heteroatoms. The summed E-state index contributed by atoms with van der Waals surface area (Å²) in [7, 11) is 0. The minimum absolute atomic E-state index is 0.244. The maximum atomic E-state index is 5.86. The van der Waals surface area contributed by atoms with Crippen LogP contribution in [-0.4, -0.2) is 30.2 Å². The smallest absolute Gasteiger partial charge is 0.0959 e. The molecule has 1 heterocycles. The molecular weight excluding hydrogens is 232 g/mol. The van der Waals surface area contributed by atoms with Crippen LogP contribution in [0.25, 0.3) is 0 Å². The first kappa shape index (κ1) is 11.5. The molecule has 0 amide bonds. The van der Waals surface area contributed by atoms with E-state index in [9.17, 15) is 0 Å². The second-order valence-electron chi connectivity index (χ2n) is 4.17. The Morgan fingerprint density at radius 1 is 1.38 bits per heavy atom. The SMILES string of the molecule is CC(C)CC(C)OC1COCC1Br. The fourth-order valence-corrected chi connectivity index (χ4v) is 2.11. The maximum Gasteiger partial charge on any atom is 0.0959 e. The van der Waals surface area contributed by atoms with Crippen LogP contribution >= 0.6 is 15.9 Å². The van der Waals surface area contributed by atoms with E-state index in [1.807, 2.05) is 0 Å². The minimum Gasteiger partial charge on any atom is -0.377 e. The molecule has 0 N–H and O–H groups in total. The third-order valence-corrected chi connectivity index (χ3v) is 3.03. The second-order valence-corrected chi connectivity index (χ2v) is 5.34. The van der Waals surface area contributed by atoms with Gasteiger partial charge in [-0.3, -0.25) is 0 Å². The summed E-state index contributed by atoms with van der Waals surface area (Å²) in [6, 6.07) is 0. The predicted molar refractivity (Wildman–Crippen MR) is 57.3 cm³/mol.